The fraction of sp³-hybridized carbons (Fsp3) is 0.600. The highest BCUT2D eigenvalue weighted by molar-refractivity contribution is 6.25. The van der Waals surface area contributed by atoms with Crippen LogP contribution in [-0.4, -0.2) is 64.6 Å². The Labute approximate surface area is 734 Å². The maximum absolute atomic E-state index is 15.9. The summed E-state index contributed by atoms with van der Waals surface area (Å²) in [6.07, 6.45) is 41.0. The number of likely N-dealkylation sites (tertiary alicyclic amines) is 2. The topological polar surface area (TPSA) is 214 Å². The minimum Gasteiger partial charge on any atom is -0.399 e. The molecular weight excluding hydrogens is 1560 g/mol. The van der Waals surface area contributed by atoms with Gasteiger partial charge in [0.1, 0.15) is 11.3 Å². The highest BCUT2D eigenvalue weighted by Crippen LogP contribution is 2.76. The van der Waals surface area contributed by atoms with Gasteiger partial charge in [-0.2, -0.15) is 0 Å². The average Bonchev–Trinajstić information content (AvgIpc) is 0.695. The van der Waals surface area contributed by atoms with Crippen LogP contribution in [0.25, 0.3) is 109 Å². The molecule has 18 fully saturated rings. The lowest BCUT2D eigenvalue weighted by molar-refractivity contribution is -0.385. The summed E-state index contributed by atoms with van der Waals surface area (Å²) in [6, 6.07) is 30.6. The number of nitrogens with two attached hydrogens (primary N) is 2. The third-order valence-corrected chi connectivity index (χ3v) is 43.5. The molecule has 0 bridgehead atoms. The van der Waals surface area contributed by atoms with E-state index in [4.69, 9.17) is 21.4 Å². The molecule has 16 aliphatic carbocycles. The van der Waals surface area contributed by atoms with Crippen LogP contribution in [0.15, 0.2) is 107 Å². The highest BCUT2D eigenvalue weighted by Gasteiger charge is 2.70. The number of non-ortho nitro benzene ring substituents is 1. The smallest absolute Gasteiger partial charge is 0.276 e. The van der Waals surface area contributed by atoms with Crippen LogP contribution in [-0.2, 0) is 13.1 Å². The summed E-state index contributed by atoms with van der Waals surface area (Å²) >= 11 is 0. The van der Waals surface area contributed by atoms with Crippen LogP contribution in [0.2, 0.25) is 0 Å². The van der Waals surface area contributed by atoms with Crippen LogP contribution >= 0.6 is 0 Å². The molecule has 18 aliphatic rings. The summed E-state index contributed by atoms with van der Waals surface area (Å²) < 4.78 is 3.33. The van der Waals surface area contributed by atoms with Crippen LogP contribution in [0.3, 0.4) is 0 Å². The lowest BCUT2D eigenvalue weighted by Crippen LogP contribution is -2.66. The van der Waals surface area contributed by atoms with Gasteiger partial charge in [0.25, 0.3) is 22.5 Å². The van der Waals surface area contributed by atoms with Gasteiger partial charge in [-0.1, -0.05) is 87.8 Å². The van der Waals surface area contributed by atoms with Crippen molar-refractivity contribution in [1.82, 2.24) is 28.6 Å². The number of rotatable bonds is 7. The molecule has 0 amide bonds. The van der Waals surface area contributed by atoms with E-state index in [9.17, 15) is 20.2 Å². The number of nitro benzene ring substituents is 2. The van der Waals surface area contributed by atoms with Crippen LogP contribution in [0.5, 0.6) is 0 Å². The summed E-state index contributed by atoms with van der Waals surface area (Å²) in [4.78, 5) is 74.5. The predicted octanol–water partition coefficient (Wildman–Crippen LogP) is 22.9. The lowest BCUT2D eigenvalue weighted by atomic mass is 9.34. The summed E-state index contributed by atoms with van der Waals surface area (Å²) in [5, 5.41) is 35.6. The number of nitro groups is 2. The first-order valence-electron chi connectivity index (χ1n) is 51.3. The van der Waals surface area contributed by atoms with Gasteiger partial charge >= 0.3 is 0 Å². The van der Waals surface area contributed by atoms with Gasteiger partial charge < -0.3 is 11.5 Å². The molecule has 0 spiro atoms. The standard InChI is InChI=1S/C110H120N10O6/c111-57-39-83-85(49-115-45-53-19-23-67-75-33-29-71-63-11-1-7-51-8-2-12-64(95(51)63)72-30-34-76(103(75)101(71)72)68-24-20-54(46-115)93(53)99(67)68)87(112)43-88-105(83)91(40-57)117-107(113-88)79-37-27-59(61-15-5-17-81(97(61)79)109(117)121)60-28-38-80-98-62(60)16-6-18-82(98)110(122)118-92-42-58(119(123)124)41-84-86(90(120(125)126)44-89(106(84)92)114-108(80)118)50-116-47-55-21-25-69-77-35-31-73-65-13-3-9-52-10-4-14-66(96(52)65)74-32-36-78(104(77)102(73)74)70-26-22-56(48-116)94(55)100(69)70/h5-6,15-18,27-28,37-44,51-56,63-78,93-96,99-104H,1-4,7-14,19-26,29-36,45-50,111-112H2. The zero-order valence-electron chi connectivity index (χ0n) is 72.9. The minimum absolute atomic E-state index is 0.0970. The normalized spacial score (nSPS) is 40.4. The van der Waals surface area contributed by atoms with Crippen molar-refractivity contribution in [3.63, 3.8) is 0 Å². The van der Waals surface area contributed by atoms with E-state index in [1.807, 2.05) is 48.5 Å². The molecule has 20 atom stereocenters. The number of fused-ring (bicyclic) bond motifs is 14. The summed E-state index contributed by atoms with van der Waals surface area (Å²) in [7, 11) is 0. The Hall–Kier alpha value is -8.60. The first-order valence-corrected chi connectivity index (χ1v) is 51.3. The molecule has 30 rings (SSSR count). The first kappa shape index (κ1) is 74.2. The van der Waals surface area contributed by atoms with Gasteiger partial charge in [0.15, 0.2) is 0 Å². The first-order chi connectivity index (χ1) is 61.8. The monoisotopic (exact) mass is 1680 g/mol. The van der Waals surface area contributed by atoms with E-state index in [1.54, 1.807) is 36.2 Å². The van der Waals surface area contributed by atoms with Crippen molar-refractivity contribution in [3.8, 4) is 11.1 Å². The average molecular weight is 1680 g/mol. The number of benzene rings is 8. The molecule has 4 N–H and O–H groups in total. The van der Waals surface area contributed by atoms with Crippen molar-refractivity contribution < 1.29 is 9.85 Å². The van der Waals surface area contributed by atoms with Gasteiger partial charge in [0, 0.05) is 117 Å². The van der Waals surface area contributed by atoms with E-state index in [1.165, 1.54) is 171 Å². The van der Waals surface area contributed by atoms with Crippen LogP contribution in [0.1, 0.15) is 191 Å². The third-order valence-electron chi connectivity index (χ3n) is 43.5. The van der Waals surface area contributed by atoms with E-state index in [-0.39, 0.29) is 39.6 Å². The summed E-state index contributed by atoms with van der Waals surface area (Å²) in [6.45, 7) is 5.01. The summed E-state index contributed by atoms with van der Waals surface area (Å²) in [5.41, 5.74) is 21.0. The molecule has 8 aromatic carbocycles. The molecule has 0 radical (unpaired) electrons. The molecule has 4 aromatic heterocycles. The van der Waals surface area contributed by atoms with Crippen LogP contribution < -0.4 is 22.6 Å². The van der Waals surface area contributed by atoms with E-state index < -0.39 is 4.92 Å². The van der Waals surface area contributed by atoms with Gasteiger partial charge in [-0.3, -0.25) is 48.4 Å². The molecule has 20 unspecified atom stereocenters. The van der Waals surface area contributed by atoms with Crippen LogP contribution in [0.4, 0.5) is 22.7 Å². The van der Waals surface area contributed by atoms with Gasteiger partial charge in [0.2, 0.25) is 0 Å². The van der Waals surface area contributed by atoms with Gasteiger partial charge in [0.05, 0.1) is 37.5 Å². The Bertz CT molecular complexity index is 6750. The van der Waals surface area contributed by atoms with Gasteiger partial charge in [-0.15, -0.1) is 0 Å². The SMILES string of the molecule is Nc1cc2c(CN3CC4CCC5C6CCC7C8CCCC9CCCC(C%10CCC(C%11CCC(C3)C4C5%11)C6C7%10)C98)c(N)cc3nc4c5ccc(-c6ccc7c8c6cccc8c(=O)n6c8cc([N+](=O)[O-])cc9c(CN%10CC%11CCC%12C%13CCC%14C%15CCCC%16CCCC(C%17CCC(C%18CCC(C%10)C%11C%12%18)C%13C%14%17)C%16%15)c([N+](=O)[O-])cc(nc76)c98)c6cccc(c(=O)n4c(c1)c32)c65. The van der Waals surface area contributed by atoms with Crippen LogP contribution in [0, 0.1) is 210 Å². The Kier molecular flexibility index (Phi) is 15.7. The number of aromatic nitrogens is 4. The maximum Gasteiger partial charge on any atom is 0.276 e. The number of hydrogen-bond donors (Lipinski definition) is 2. The van der Waals surface area contributed by atoms with E-state index in [2.05, 4.69) is 40.1 Å². The molecule has 2 saturated heterocycles. The molecular formula is C110H120N10O6. The maximum atomic E-state index is 15.9. The number of pyridine rings is 2. The minimum atomic E-state index is -0.421. The van der Waals surface area contributed by atoms with Crippen molar-refractivity contribution >= 4 is 121 Å². The fourth-order valence-electron chi connectivity index (χ4n) is 40.8. The van der Waals surface area contributed by atoms with Gasteiger partial charge in [-0.25, -0.2) is 9.97 Å². The summed E-state index contributed by atoms with van der Waals surface area (Å²) in [5.74, 6) is 29.2. The van der Waals surface area contributed by atoms with Crippen molar-refractivity contribution in [2.24, 2.45) is 189 Å². The Morgan fingerprint density at radius 1 is 0.325 bits per heavy atom. The molecule has 12 aromatic rings. The zero-order chi connectivity index (χ0) is 82.9. The number of hydrogen-bond acceptors (Lipinski definition) is 12. The number of piperidine rings is 2. The third kappa shape index (κ3) is 9.76. The van der Waals surface area contributed by atoms with E-state index in [0.29, 0.717) is 95.5 Å². The molecule has 16 heteroatoms. The Morgan fingerprint density at radius 2 is 0.683 bits per heavy atom. The second kappa shape index (κ2) is 26.6. The molecule has 6 heterocycles. The molecule has 16 nitrogen and oxygen atoms in total. The number of anilines is 2. The Morgan fingerprint density at radius 3 is 1.09 bits per heavy atom. The van der Waals surface area contributed by atoms with Gasteiger partial charge in [-0.05, 0) is 393 Å². The van der Waals surface area contributed by atoms with Crippen molar-refractivity contribution in [3.05, 3.63) is 149 Å². The van der Waals surface area contributed by atoms with Crippen molar-refractivity contribution in [2.75, 3.05) is 37.6 Å². The zero-order valence-corrected chi connectivity index (χ0v) is 72.9. The van der Waals surface area contributed by atoms with Crippen molar-refractivity contribution in [1.29, 1.82) is 0 Å². The molecule has 126 heavy (non-hydrogen) atoms. The molecule has 646 valence electrons. The second-order valence-corrected chi connectivity index (χ2v) is 46.8. The number of nitrogens with zero attached hydrogens (tertiary/aromatic N) is 8. The molecule has 16 saturated carbocycles. The lowest BCUT2D eigenvalue weighted by Gasteiger charge is -2.71. The largest absolute Gasteiger partial charge is 0.399 e. The highest BCUT2D eigenvalue weighted by atomic mass is 16.6. The second-order valence-electron chi connectivity index (χ2n) is 46.8. The van der Waals surface area contributed by atoms with Crippen molar-refractivity contribution in [2.45, 2.75) is 193 Å². The van der Waals surface area contributed by atoms with E-state index >= 15 is 9.59 Å². The predicted molar refractivity (Wildman–Crippen MR) is 498 cm³/mol. The van der Waals surface area contributed by atoms with E-state index in [0.717, 1.165) is 253 Å². The number of nitrogen functional groups attached to an aromatic ring is 2. The molecule has 2 aliphatic heterocycles. The quantitative estimate of drug-likeness (QED) is 0.0501. The fourth-order valence-corrected chi connectivity index (χ4v) is 40.8. The Balaban J connectivity index is 0.466.